The number of hydrogen-bond acceptors (Lipinski definition) is 13. The Morgan fingerprint density at radius 1 is 0.934 bits per heavy atom. The van der Waals surface area contributed by atoms with E-state index in [0.717, 1.165) is 56.5 Å². The summed E-state index contributed by atoms with van der Waals surface area (Å²) in [5.74, 6) is -3.20. The molecule has 2 aromatic carbocycles. The molecule has 3 aromatic rings. The molecular formula is C45H60N6O9S. The van der Waals surface area contributed by atoms with Crippen LogP contribution in [0.3, 0.4) is 0 Å². The second-order valence-corrected chi connectivity index (χ2v) is 19.5. The molecule has 0 saturated heterocycles. The molecule has 0 spiro atoms. The number of nitrogens with zero attached hydrogens (tertiary/aromatic N) is 1. The van der Waals surface area contributed by atoms with E-state index in [2.05, 4.69) is 61.7 Å². The van der Waals surface area contributed by atoms with E-state index in [1.165, 1.54) is 28.8 Å². The molecule has 4 atom stereocenters. The van der Waals surface area contributed by atoms with E-state index in [1.54, 1.807) is 0 Å². The molecule has 1 saturated carbocycles. The number of amides is 3. The van der Waals surface area contributed by atoms with Crippen LogP contribution in [0.5, 0.6) is 11.6 Å². The average molecular weight is 861 g/mol. The highest BCUT2D eigenvalue weighted by Gasteiger charge is 2.51. The van der Waals surface area contributed by atoms with Crippen LogP contribution in [-0.2, 0) is 31.4 Å². The maximum atomic E-state index is 13.7. The standard InChI is InChI=1S/C45H60N6O9S/c1-26(2)24-59-35-21-32(23-47-42(35)60-43(56)49-37(52)22-46)41(55)51-61(57,58)33-14-10-29(11-15-33)39(53)40(54)38(28(5)6)50-48-25-44(7)18-9-19-45(8)34-16-12-30(27(3)4)20-31(34)13-17-36(44)45/h10-12,14-16,20-21,23,26-28,36,38,48,50H,9,13,17-19,22,24-25,46H2,1-8H3,(H,51,55)(H,49,52,56)/t36-,38-,44+,45+/m0/s1. The molecule has 1 heterocycles. The van der Waals surface area contributed by atoms with Crippen LogP contribution in [0.25, 0.3) is 0 Å². The molecule has 2 aliphatic rings. The number of rotatable bonds is 17. The molecule has 2 aliphatic carbocycles. The van der Waals surface area contributed by atoms with Crippen molar-refractivity contribution in [2.45, 2.75) is 110 Å². The van der Waals surface area contributed by atoms with Crippen LogP contribution in [0.15, 0.2) is 59.6 Å². The van der Waals surface area contributed by atoms with Crippen LogP contribution in [0, 0.1) is 23.2 Å². The predicted octanol–water partition coefficient (Wildman–Crippen LogP) is 5.51. The van der Waals surface area contributed by atoms with Crippen molar-refractivity contribution >= 4 is 39.5 Å². The first-order valence-corrected chi connectivity index (χ1v) is 22.4. The number of aromatic nitrogens is 1. The number of Topliss-reactive ketones (excluding diaryl/α,β-unsaturated/α-hetero) is 2. The molecule has 61 heavy (non-hydrogen) atoms. The Bertz CT molecular complexity index is 2240. The lowest BCUT2D eigenvalue weighted by Crippen LogP contribution is -2.57. The summed E-state index contributed by atoms with van der Waals surface area (Å²) >= 11 is 0. The Balaban J connectivity index is 1.22. The van der Waals surface area contributed by atoms with Gasteiger partial charge in [0.25, 0.3) is 21.8 Å². The predicted molar refractivity (Wildman–Crippen MR) is 230 cm³/mol. The van der Waals surface area contributed by atoms with Gasteiger partial charge in [-0.1, -0.05) is 80.0 Å². The molecule has 0 aliphatic heterocycles. The number of pyridine rings is 1. The van der Waals surface area contributed by atoms with Crippen molar-refractivity contribution in [2.75, 3.05) is 19.7 Å². The van der Waals surface area contributed by atoms with Gasteiger partial charge < -0.3 is 15.2 Å². The molecule has 6 N–H and O–H groups in total. The van der Waals surface area contributed by atoms with E-state index in [4.69, 9.17) is 15.2 Å². The monoisotopic (exact) mass is 860 g/mol. The SMILES string of the molecule is CC(C)COc1cc(C(=O)NS(=O)(=O)c2ccc(C(=O)C(=O)[C@@H](NNC[C@@]3(C)CCC[C@]4(C)c5ccc(C(C)C)cc5CC[C@@H]34)C(C)C)cc2)cnc1OC(=O)NC(=O)CN. The molecule has 3 amide bonds. The Kier molecular flexibility index (Phi) is 14.9. The molecule has 16 heteroatoms. The molecule has 0 bridgehead atoms. The summed E-state index contributed by atoms with van der Waals surface area (Å²) in [6, 6.07) is 12.0. The highest BCUT2D eigenvalue weighted by atomic mass is 32.2. The number of benzene rings is 2. The third kappa shape index (κ3) is 10.9. The maximum Gasteiger partial charge on any atom is 0.420 e. The van der Waals surface area contributed by atoms with E-state index in [0.29, 0.717) is 18.4 Å². The number of carbonyl (C=O) groups is 5. The van der Waals surface area contributed by atoms with Crippen molar-refractivity contribution in [3.05, 3.63) is 82.5 Å². The number of hydrogen-bond donors (Lipinski definition) is 5. The molecule has 1 aromatic heterocycles. The van der Waals surface area contributed by atoms with Crippen molar-refractivity contribution in [2.24, 2.45) is 28.9 Å². The molecule has 0 unspecified atom stereocenters. The summed E-state index contributed by atoms with van der Waals surface area (Å²) in [5, 5.41) is 1.89. The first-order chi connectivity index (χ1) is 28.7. The quantitative estimate of drug-likeness (QED) is 0.0642. The van der Waals surface area contributed by atoms with Gasteiger partial charge in [0.05, 0.1) is 29.7 Å². The second kappa shape index (κ2) is 19.3. The number of aryl methyl sites for hydroxylation is 1. The maximum absolute atomic E-state index is 13.7. The van der Waals surface area contributed by atoms with Crippen LogP contribution < -0.4 is 36.1 Å². The fraction of sp³-hybridized carbons (Fsp3) is 0.511. The minimum Gasteiger partial charge on any atom is -0.488 e. The number of sulfonamides is 1. The van der Waals surface area contributed by atoms with E-state index < -0.39 is 52.1 Å². The smallest absolute Gasteiger partial charge is 0.420 e. The van der Waals surface area contributed by atoms with E-state index in [1.807, 2.05) is 37.7 Å². The van der Waals surface area contributed by atoms with Crippen molar-refractivity contribution in [3.63, 3.8) is 0 Å². The molecular weight excluding hydrogens is 801 g/mol. The van der Waals surface area contributed by atoms with Gasteiger partial charge in [-0.25, -0.2) is 28.3 Å². The van der Waals surface area contributed by atoms with E-state index in [-0.39, 0.29) is 56.9 Å². The number of carbonyl (C=O) groups excluding carboxylic acids is 5. The van der Waals surface area contributed by atoms with Crippen molar-refractivity contribution in [1.29, 1.82) is 0 Å². The molecule has 1 fully saturated rings. The highest BCUT2D eigenvalue weighted by Crippen LogP contribution is 2.57. The van der Waals surface area contributed by atoms with Crippen LogP contribution in [0.1, 0.15) is 124 Å². The first kappa shape index (κ1) is 47.0. The normalized spacial score (nSPS) is 20.4. The largest absolute Gasteiger partial charge is 0.488 e. The first-order valence-electron chi connectivity index (χ1n) is 20.9. The summed E-state index contributed by atoms with van der Waals surface area (Å²) in [4.78, 5) is 67.5. The number of nitrogens with two attached hydrogens (primary N) is 1. The third-order valence-electron chi connectivity index (χ3n) is 12.0. The van der Waals surface area contributed by atoms with Crippen LogP contribution >= 0.6 is 0 Å². The zero-order valence-corrected chi connectivity index (χ0v) is 37.2. The molecule has 330 valence electrons. The van der Waals surface area contributed by atoms with Gasteiger partial charge in [-0.05, 0) is 101 Å². The summed E-state index contributed by atoms with van der Waals surface area (Å²) in [5.41, 5.74) is 15.8. The minimum atomic E-state index is -4.48. The Morgan fingerprint density at radius 3 is 2.28 bits per heavy atom. The summed E-state index contributed by atoms with van der Waals surface area (Å²) in [7, 11) is -4.48. The summed E-state index contributed by atoms with van der Waals surface area (Å²) < 4.78 is 39.2. The number of nitrogens with one attached hydrogen (secondary N) is 4. The minimum absolute atomic E-state index is 0.00851. The van der Waals surface area contributed by atoms with Crippen molar-refractivity contribution in [1.82, 2.24) is 25.9 Å². The lowest BCUT2D eigenvalue weighted by molar-refractivity contribution is -0.119. The number of fused-ring (bicyclic) bond motifs is 3. The van der Waals surface area contributed by atoms with Gasteiger partial charge >= 0.3 is 6.09 Å². The van der Waals surface area contributed by atoms with Gasteiger partial charge in [-0.2, -0.15) is 0 Å². The number of ether oxygens (including phenoxy) is 2. The van der Waals surface area contributed by atoms with Crippen LogP contribution in [0.2, 0.25) is 0 Å². The second-order valence-electron chi connectivity index (χ2n) is 17.8. The van der Waals surface area contributed by atoms with E-state index in [9.17, 15) is 32.4 Å². The Labute approximate surface area is 358 Å². The zero-order valence-electron chi connectivity index (χ0n) is 36.3. The summed E-state index contributed by atoms with van der Waals surface area (Å²) in [6.45, 7) is 16.9. The van der Waals surface area contributed by atoms with Gasteiger partial charge in [0, 0.05) is 24.4 Å². The average Bonchev–Trinajstić information content (AvgIpc) is 3.20. The topological polar surface area (TPSA) is 225 Å². The third-order valence-corrected chi connectivity index (χ3v) is 13.4. The van der Waals surface area contributed by atoms with Crippen LogP contribution in [-0.4, -0.2) is 68.6 Å². The summed E-state index contributed by atoms with van der Waals surface area (Å²) in [6.07, 6.45) is 5.16. The van der Waals surface area contributed by atoms with Crippen molar-refractivity contribution in [3.8, 4) is 11.6 Å². The van der Waals surface area contributed by atoms with Gasteiger partial charge in [0.15, 0.2) is 5.75 Å². The van der Waals surface area contributed by atoms with Crippen molar-refractivity contribution < 1.29 is 41.9 Å². The van der Waals surface area contributed by atoms with Gasteiger partial charge in [0.2, 0.25) is 17.5 Å². The molecule has 5 rings (SSSR count). The number of ketones is 2. The molecule has 0 radical (unpaired) electrons. The van der Waals surface area contributed by atoms with Gasteiger partial charge in [-0.3, -0.25) is 29.9 Å². The van der Waals surface area contributed by atoms with Gasteiger partial charge in [0.1, 0.15) is 0 Å². The lowest BCUT2D eigenvalue weighted by atomic mass is 9.50. The Morgan fingerprint density at radius 2 is 1.64 bits per heavy atom. The van der Waals surface area contributed by atoms with Gasteiger partial charge in [-0.15, -0.1) is 0 Å². The zero-order chi connectivity index (χ0) is 44.9. The van der Waals surface area contributed by atoms with Crippen LogP contribution in [0.4, 0.5) is 4.79 Å². The number of hydrazine groups is 1. The highest BCUT2D eigenvalue weighted by molar-refractivity contribution is 7.90. The Hall–Kier alpha value is -5.03. The molecule has 15 nitrogen and oxygen atoms in total. The number of imide groups is 1. The fourth-order valence-corrected chi connectivity index (χ4v) is 9.67. The lowest BCUT2D eigenvalue weighted by Gasteiger charge is -2.55. The fourth-order valence-electron chi connectivity index (χ4n) is 8.69. The van der Waals surface area contributed by atoms with E-state index >= 15 is 0 Å².